The second-order valence-corrected chi connectivity index (χ2v) is 17.3. The molecule has 54 heavy (non-hydrogen) atoms. The number of aliphatic hydroxyl groups is 2. The minimum absolute atomic E-state index is 0.0102. The second-order valence-electron chi connectivity index (χ2n) is 15.8. The number of phosphoric ester groups is 1. The van der Waals surface area contributed by atoms with E-state index in [9.17, 15) is 24.5 Å². The SMILES string of the molecule is C/C=C/CC/C=C/CC/C=C/CCCC(O)C(O)C(COP(=O)(O)OCC[N+](C)(C)C)NC(=O)CCCCCCCCC/C=C\CCCCCCCCC. The zero-order valence-corrected chi connectivity index (χ0v) is 36.2. The molecule has 0 rings (SSSR count). The molecule has 4 unspecified atom stereocenters. The summed E-state index contributed by atoms with van der Waals surface area (Å²) in [6.45, 7) is 4.34. The summed E-state index contributed by atoms with van der Waals surface area (Å²) in [7, 11) is 1.39. The topological polar surface area (TPSA) is 125 Å². The lowest BCUT2D eigenvalue weighted by Gasteiger charge is -2.28. The first-order valence-electron chi connectivity index (χ1n) is 21.6. The number of carbonyl (C=O) groups excluding carboxylic acids is 1. The third-order valence-corrected chi connectivity index (χ3v) is 10.4. The van der Waals surface area contributed by atoms with E-state index in [0.717, 1.165) is 57.8 Å². The molecule has 0 saturated carbocycles. The van der Waals surface area contributed by atoms with Gasteiger partial charge < -0.3 is 24.9 Å². The molecule has 0 aromatic carbocycles. The Balaban J connectivity index is 4.55. The monoisotopic (exact) mass is 784 g/mol. The van der Waals surface area contributed by atoms with Crippen molar-refractivity contribution in [3.8, 4) is 0 Å². The molecule has 0 fully saturated rings. The second kappa shape index (κ2) is 35.8. The average Bonchev–Trinajstić information content (AvgIpc) is 3.12. The van der Waals surface area contributed by atoms with Gasteiger partial charge in [0.1, 0.15) is 19.3 Å². The molecule has 0 aromatic heterocycles. The maximum atomic E-state index is 12.9. The molecule has 0 spiro atoms. The molecule has 316 valence electrons. The van der Waals surface area contributed by atoms with E-state index in [0.29, 0.717) is 30.3 Å². The molecule has 0 heterocycles. The summed E-state index contributed by atoms with van der Waals surface area (Å²) >= 11 is 0. The first-order valence-corrected chi connectivity index (χ1v) is 23.0. The molecular formula is C44H84N2O7P+. The van der Waals surface area contributed by atoms with Crippen LogP contribution in [0.3, 0.4) is 0 Å². The Morgan fingerprint density at radius 2 is 1.13 bits per heavy atom. The van der Waals surface area contributed by atoms with E-state index in [-0.39, 0.29) is 18.9 Å². The van der Waals surface area contributed by atoms with Crippen LogP contribution in [0.5, 0.6) is 0 Å². The highest BCUT2D eigenvalue weighted by Gasteiger charge is 2.31. The molecule has 4 N–H and O–H groups in total. The van der Waals surface area contributed by atoms with Gasteiger partial charge in [-0.1, -0.05) is 126 Å². The Morgan fingerprint density at radius 3 is 1.65 bits per heavy atom. The van der Waals surface area contributed by atoms with Crippen molar-refractivity contribution in [3.63, 3.8) is 0 Å². The van der Waals surface area contributed by atoms with Crippen LogP contribution >= 0.6 is 7.82 Å². The fourth-order valence-electron chi connectivity index (χ4n) is 5.94. The van der Waals surface area contributed by atoms with Crippen LogP contribution in [0.4, 0.5) is 0 Å². The van der Waals surface area contributed by atoms with Crippen LogP contribution in [0.15, 0.2) is 48.6 Å². The van der Waals surface area contributed by atoms with Gasteiger partial charge in [0.25, 0.3) is 0 Å². The van der Waals surface area contributed by atoms with Crippen LogP contribution in [0.1, 0.15) is 168 Å². The Hall–Kier alpha value is -1.58. The minimum Gasteiger partial charge on any atom is -0.390 e. The Kier molecular flexibility index (Phi) is 34.8. The molecule has 0 aromatic rings. The number of aliphatic hydroxyl groups excluding tert-OH is 2. The van der Waals surface area contributed by atoms with Gasteiger partial charge in [-0.05, 0) is 84.0 Å². The van der Waals surface area contributed by atoms with Crippen molar-refractivity contribution >= 4 is 13.7 Å². The van der Waals surface area contributed by atoms with Gasteiger partial charge in [-0.25, -0.2) is 4.57 Å². The first-order chi connectivity index (χ1) is 25.9. The Morgan fingerprint density at radius 1 is 0.667 bits per heavy atom. The summed E-state index contributed by atoms with van der Waals surface area (Å²) in [4.78, 5) is 23.1. The van der Waals surface area contributed by atoms with Crippen LogP contribution in [0.25, 0.3) is 0 Å². The molecule has 0 aliphatic carbocycles. The van der Waals surface area contributed by atoms with Crippen LogP contribution in [-0.2, 0) is 18.4 Å². The van der Waals surface area contributed by atoms with Crippen molar-refractivity contribution in [2.45, 2.75) is 186 Å². The molecular weight excluding hydrogens is 699 g/mol. The predicted octanol–water partition coefficient (Wildman–Crippen LogP) is 10.7. The highest BCUT2D eigenvalue weighted by Crippen LogP contribution is 2.43. The molecule has 0 radical (unpaired) electrons. The van der Waals surface area contributed by atoms with Crippen molar-refractivity contribution in [2.75, 3.05) is 40.9 Å². The van der Waals surface area contributed by atoms with Gasteiger partial charge >= 0.3 is 7.82 Å². The van der Waals surface area contributed by atoms with Crippen molar-refractivity contribution in [1.82, 2.24) is 5.32 Å². The van der Waals surface area contributed by atoms with Crippen LogP contribution < -0.4 is 5.32 Å². The summed E-state index contributed by atoms with van der Waals surface area (Å²) in [5, 5.41) is 24.6. The fraction of sp³-hybridized carbons (Fsp3) is 0.795. The van der Waals surface area contributed by atoms with E-state index in [1.807, 2.05) is 28.1 Å². The zero-order chi connectivity index (χ0) is 40.2. The summed E-state index contributed by atoms with van der Waals surface area (Å²) in [5.74, 6) is -0.282. The van der Waals surface area contributed by atoms with Gasteiger partial charge in [0.05, 0.1) is 39.9 Å². The largest absolute Gasteiger partial charge is 0.472 e. The predicted molar refractivity (Wildman–Crippen MR) is 227 cm³/mol. The number of hydrogen-bond acceptors (Lipinski definition) is 6. The molecule has 0 aliphatic heterocycles. The van der Waals surface area contributed by atoms with E-state index in [2.05, 4.69) is 60.8 Å². The quantitative estimate of drug-likeness (QED) is 0.0213. The summed E-state index contributed by atoms with van der Waals surface area (Å²) in [6.07, 6.45) is 40.4. The Bertz CT molecular complexity index is 1040. The lowest BCUT2D eigenvalue weighted by atomic mass is 10.0. The van der Waals surface area contributed by atoms with Crippen LogP contribution in [0.2, 0.25) is 0 Å². The van der Waals surface area contributed by atoms with Gasteiger partial charge in [0.2, 0.25) is 5.91 Å². The number of rotatable bonds is 38. The van der Waals surface area contributed by atoms with Gasteiger partial charge in [0, 0.05) is 6.42 Å². The highest BCUT2D eigenvalue weighted by molar-refractivity contribution is 7.47. The van der Waals surface area contributed by atoms with Crippen molar-refractivity contribution in [2.24, 2.45) is 0 Å². The third-order valence-electron chi connectivity index (χ3n) is 9.44. The maximum absolute atomic E-state index is 12.9. The van der Waals surface area contributed by atoms with Crippen LogP contribution in [0, 0.1) is 0 Å². The molecule has 4 atom stereocenters. The van der Waals surface area contributed by atoms with Crippen LogP contribution in [-0.4, -0.2) is 84.6 Å². The van der Waals surface area contributed by atoms with Gasteiger partial charge in [-0.2, -0.15) is 0 Å². The van der Waals surface area contributed by atoms with Gasteiger partial charge in [0.15, 0.2) is 0 Å². The van der Waals surface area contributed by atoms with Crippen molar-refractivity contribution < 1.29 is 38.0 Å². The number of quaternary nitrogens is 1. The van der Waals surface area contributed by atoms with Gasteiger partial charge in [-0.15, -0.1) is 0 Å². The smallest absolute Gasteiger partial charge is 0.390 e. The number of hydrogen-bond donors (Lipinski definition) is 4. The van der Waals surface area contributed by atoms with E-state index >= 15 is 0 Å². The third kappa shape index (κ3) is 36.1. The van der Waals surface area contributed by atoms with E-state index in [1.165, 1.54) is 70.6 Å². The number of allylic oxidation sites excluding steroid dienone is 8. The van der Waals surface area contributed by atoms with E-state index in [4.69, 9.17) is 9.05 Å². The van der Waals surface area contributed by atoms with Crippen molar-refractivity contribution in [3.05, 3.63) is 48.6 Å². The lowest BCUT2D eigenvalue weighted by molar-refractivity contribution is -0.870. The average molecular weight is 784 g/mol. The van der Waals surface area contributed by atoms with Gasteiger partial charge in [-0.3, -0.25) is 13.8 Å². The number of nitrogens with zero attached hydrogens (tertiary/aromatic N) is 1. The van der Waals surface area contributed by atoms with Crippen molar-refractivity contribution in [1.29, 1.82) is 0 Å². The van der Waals surface area contributed by atoms with E-state index in [1.54, 1.807) is 0 Å². The summed E-state index contributed by atoms with van der Waals surface area (Å²) < 4.78 is 23.4. The number of unbranched alkanes of at least 4 members (excludes halogenated alkanes) is 17. The fourth-order valence-corrected chi connectivity index (χ4v) is 6.68. The minimum atomic E-state index is -4.43. The number of likely N-dealkylation sites (N-methyl/N-ethyl adjacent to an activating group) is 1. The highest BCUT2D eigenvalue weighted by atomic mass is 31.2. The lowest BCUT2D eigenvalue weighted by Crippen LogP contribution is -2.51. The normalized spacial score (nSPS) is 15.5. The standard InChI is InChI=1S/C44H83N2O7P/c1-6-8-10-12-14-16-18-20-21-22-23-24-25-27-29-31-33-35-37-43(48)45-41(40-53-54(50,51)52-39-38-46(3,4)5)44(49)42(47)36-34-32-30-28-26-19-17-15-13-11-9-7-2/h7,9,15,17,21-22,28,30,41-42,44,47,49H,6,8,10-14,16,18-20,23-27,29,31-40H2,1-5H3,(H-,45,48,50,51)/p+1/b9-7+,17-15+,22-21-,30-28+. The molecule has 10 heteroatoms. The first kappa shape index (κ1) is 52.4. The number of carbonyl (C=O) groups is 1. The number of amides is 1. The molecule has 9 nitrogen and oxygen atoms in total. The molecule has 0 saturated heterocycles. The summed E-state index contributed by atoms with van der Waals surface area (Å²) in [6, 6.07) is -1.06. The van der Waals surface area contributed by atoms with E-state index < -0.39 is 32.7 Å². The number of nitrogens with one attached hydrogen (secondary N) is 1. The molecule has 0 bridgehead atoms. The summed E-state index contributed by atoms with van der Waals surface area (Å²) in [5.41, 5.74) is 0. The number of phosphoric acid groups is 1. The zero-order valence-electron chi connectivity index (χ0n) is 35.3. The molecule has 0 aliphatic rings. The Labute approximate surface area is 332 Å². The maximum Gasteiger partial charge on any atom is 0.472 e. The molecule has 1 amide bonds.